The molecule has 77 heavy (non-hydrogen) atoms. The first-order valence-corrected chi connectivity index (χ1v) is 28.6. The smallest absolute Gasteiger partial charge is 0.471 e. The van der Waals surface area contributed by atoms with Crippen LogP contribution in [0.2, 0.25) is 0 Å². The van der Waals surface area contributed by atoms with Crippen LogP contribution >= 0.6 is 19.2 Å². The minimum Gasteiger partial charge on any atom is -0.480 e. The molecule has 11 rings (SSSR count). The van der Waals surface area contributed by atoms with Crippen LogP contribution in [-0.2, 0) is 44.5 Å². The highest BCUT2D eigenvalue weighted by atomic mass is 32.1. The van der Waals surface area contributed by atoms with E-state index in [0.717, 1.165) is 92.7 Å². The molecular formula is C54H61N10O11PS. The number of piperidine rings is 2. The second-order valence-electron chi connectivity index (χ2n) is 20.7. The molecule has 0 radical (unpaired) electrons. The number of phosphoric ester groups is 1. The van der Waals surface area contributed by atoms with Gasteiger partial charge in [-0.1, -0.05) is 0 Å². The summed E-state index contributed by atoms with van der Waals surface area (Å²) in [5.74, 6) is -1.66. The highest BCUT2D eigenvalue weighted by Crippen LogP contribution is 2.43. The molecule has 5 atom stereocenters. The Labute approximate surface area is 449 Å². The van der Waals surface area contributed by atoms with Crippen LogP contribution in [0.15, 0.2) is 61.1 Å². The third kappa shape index (κ3) is 9.78. The highest BCUT2D eigenvalue weighted by molar-refractivity contribution is 7.46. The molecule has 4 aromatic heterocycles. The number of hydrogen-bond acceptors (Lipinski definition) is 17. The number of fused-ring (bicyclic) bond motifs is 4. The average molecular weight is 1090 g/mol. The summed E-state index contributed by atoms with van der Waals surface area (Å²) in [5, 5.41) is 14.2. The quantitative estimate of drug-likeness (QED) is 0.0772. The highest BCUT2D eigenvalue weighted by Gasteiger charge is 2.49. The summed E-state index contributed by atoms with van der Waals surface area (Å²) in [6.07, 6.45) is 10.1. The summed E-state index contributed by atoms with van der Waals surface area (Å²) < 4.78 is 21.8. The van der Waals surface area contributed by atoms with Crippen LogP contribution < -0.4 is 24.8 Å². The Balaban J connectivity index is 0.712. The second-order valence-corrected chi connectivity index (χ2v) is 23.0. The van der Waals surface area contributed by atoms with Gasteiger partial charge < -0.3 is 34.7 Å². The van der Waals surface area contributed by atoms with E-state index in [2.05, 4.69) is 54.4 Å². The molecule has 0 saturated carbocycles. The molecule has 5 aromatic rings. The third-order valence-corrected chi connectivity index (χ3v) is 18.0. The molecular weight excluding hydrogens is 1030 g/mol. The van der Waals surface area contributed by atoms with Crippen LogP contribution in [0.25, 0.3) is 11.1 Å². The lowest BCUT2D eigenvalue weighted by atomic mass is 9.92. The minimum atomic E-state index is -5.06. The normalized spacial score (nSPS) is 22.6. The Morgan fingerprint density at radius 1 is 0.805 bits per heavy atom. The minimum absolute atomic E-state index is 0.0626. The first-order valence-electron chi connectivity index (χ1n) is 26.2. The molecule has 21 nitrogen and oxygen atoms in total. The number of imide groups is 2. The van der Waals surface area contributed by atoms with Gasteiger partial charge in [0.15, 0.2) is 0 Å². The van der Waals surface area contributed by atoms with Crippen molar-refractivity contribution in [1.82, 2.24) is 29.7 Å². The molecule has 6 aliphatic rings. The van der Waals surface area contributed by atoms with Gasteiger partial charge in [-0.3, -0.25) is 48.1 Å². The maximum Gasteiger partial charge on any atom is 0.471 e. The van der Waals surface area contributed by atoms with Gasteiger partial charge in [-0.25, -0.2) is 19.5 Å². The zero-order chi connectivity index (χ0) is 54.0. The van der Waals surface area contributed by atoms with Crippen LogP contribution in [0.3, 0.4) is 0 Å². The molecule has 1 aromatic carbocycles. The third-order valence-electron chi connectivity index (χ3n) is 16.1. The maximum atomic E-state index is 14.0. The number of benzene rings is 1. The predicted octanol–water partition coefficient (Wildman–Crippen LogP) is 6.06. The van der Waals surface area contributed by atoms with Gasteiger partial charge in [0.25, 0.3) is 23.6 Å². The van der Waals surface area contributed by atoms with E-state index in [0.29, 0.717) is 63.9 Å². The number of carbonyl (C=O) groups is 5. The molecule has 3 fully saturated rings. The molecule has 5 amide bonds. The van der Waals surface area contributed by atoms with Crippen molar-refractivity contribution in [1.29, 1.82) is 0 Å². The molecule has 5 aliphatic heterocycles. The van der Waals surface area contributed by atoms with Crippen molar-refractivity contribution in [3.63, 3.8) is 0 Å². The summed E-state index contributed by atoms with van der Waals surface area (Å²) >= 11 is 1.62. The largest absolute Gasteiger partial charge is 0.480 e. The Morgan fingerprint density at radius 2 is 1.58 bits per heavy atom. The van der Waals surface area contributed by atoms with Crippen molar-refractivity contribution in [2.75, 3.05) is 59.9 Å². The number of nitrogens with zero attached hydrogens (tertiary/aromatic N) is 9. The van der Waals surface area contributed by atoms with Gasteiger partial charge in [0, 0.05) is 91.4 Å². The number of aryl methyl sites for hydroxylation is 1. The van der Waals surface area contributed by atoms with Crippen LogP contribution in [-0.4, -0.2) is 144 Å². The van der Waals surface area contributed by atoms with Crippen molar-refractivity contribution in [3.8, 4) is 17.0 Å². The fourth-order valence-corrected chi connectivity index (χ4v) is 14.3. The van der Waals surface area contributed by atoms with E-state index in [1.807, 2.05) is 30.5 Å². The molecule has 23 heteroatoms. The number of pyridine rings is 3. The molecule has 1 aliphatic carbocycles. The number of carbonyl (C=O) groups excluding carboxylic acids is 5. The Bertz CT molecular complexity index is 3240. The van der Waals surface area contributed by atoms with Crippen LogP contribution in [0.1, 0.15) is 111 Å². The number of anilines is 5. The molecule has 3 saturated heterocycles. The Kier molecular flexibility index (Phi) is 14.3. The average Bonchev–Trinajstić information content (AvgIpc) is 4.00. The van der Waals surface area contributed by atoms with Crippen molar-refractivity contribution in [2.24, 2.45) is 0 Å². The molecule has 2 unspecified atom stereocenters. The lowest BCUT2D eigenvalue weighted by molar-refractivity contribution is -0.161. The van der Waals surface area contributed by atoms with Crippen molar-refractivity contribution in [3.05, 3.63) is 98.6 Å². The first kappa shape index (κ1) is 52.4. The van der Waals surface area contributed by atoms with Crippen LogP contribution in [0.5, 0.6) is 5.88 Å². The molecule has 9 heterocycles. The number of thiophene rings is 1. The number of aliphatic hydroxyl groups excluding tert-OH is 1. The molecule has 404 valence electrons. The van der Waals surface area contributed by atoms with Gasteiger partial charge in [-0.15, -0.1) is 11.3 Å². The zero-order valence-electron chi connectivity index (χ0n) is 43.3. The van der Waals surface area contributed by atoms with E-state index in [9.17, 15) is 43.4 Å². The monoisotopic (exact) mass is 1090 g/mol. The van der Waals surface area contributed by atoms with E-state index in [4.69, 9.17) is 9.72 Å². The van der Waals surface area contributed by atoms with Gasteiger partial charge in [-0.05, 0) is 131 Å². The lowest BCUT2D eigenvalue weighted by Gasteiger charge is -2.48. The fraction of sp³-hybridized carbons (Fsp3) is 0.444. The topological polar surface area (TPSA) is 252 Å². The molecule has 4 N–H and O–H groups in total. The number of methoxy groups -OCH3 is 1. The standard InChI is InChI=1S/C54H61N10O11PS/c1-30-23-34(16-19-60(30)35-9-11-40-41(25-35)52(68)64(51(40)67)44-12-14-47(66)63(53(44)69)32(3)75-76(71,72)73)59-21-22-61(31(2)28-59)36-10-13-46(56-27-36)58-43-24-33(26-57-50(43)74-4)37-15-18-55-49(42(37)29-65)62-20-17-39-38-7-5-6-8-45(38)77-48(39)54(62)70/h9-11,13,15,18,24-27,30-32,34,44,65H,5-8,12,14,16-17,19-23,28-29H2,1-4H3,(H,56,58)(H2,71,72,73)/t30-,31+,32?,34?,44+/m1/s1. The number of phosphoric acid groups is 1. The van der Waals surface area contributed by atoms with Gasteiger partial charge in [0.1, 0.15) is 29.6 Å². The number of likely N-dealkylation sites (tertiary alicyclic amines) is 1. The summed E-state index contributed by atoms with van der Waals surface area (Å²) in [7, 11) is -3.51. The predicted molar refractivity (Wildman–Crippen MR) is 286 cm³/mol. The van der Waals surface area contributed by atoms with Crippen molar-refractivity contribution >= 4 is 77.4 Å². The maximum absolute atomic E-state index is 14.0. The summed E-state index contributed by atoms with van der Waals surface area (Å²) in [5.41, 5.74) is 7.18. The number of aliphatic hydroxyl groups is 1. The van der Waals surface area contributed by atoms with E-state index in [1.165, 1.54) is 16.0 Å². The van der Waals surface area contributed by atoms with E-state index in [1.54, 1.807) is 47.9 Å². The van der Waals surface area contributed by atoms with Crippen LogP contribution in [0, 0.1) is 0 Å². The molecule has 0 bridgehead atoms. The number of nitrogens with one attached hydrogen (secondary N) is 1. The number of hydrogen-bond donors (Lipinski definition) is 4. The second kappa shape index (κ2) is 21.0. The van der Waals surface area contributed by atoms with Crippen molar-refractivity contribution < 1.29 is 52.7 Å². The lowest BCUT2D eigenvalue weighted by Crippen LogP contribution is -2.58. The van der Waals surface area contributed by atoms with E-state index in [-0.39, 0.29) is 48.6 Å². The van der Waals surface area contributed by atoms with E-state index >= 15 is 0 Å². The van der Waals surface area contributed by atoms with Crippen LogP contribution in [0.4, 0.5) is 28.7 Å². The van der Waals surface area contributed by atoms with Gasteiger partial charge in [-0.2, -0.15) is 0 Å². The summed E-state index contributed by atoms with van der Waals surface area (Å²) in [6.45, 7) is 8.90. The number of piperazine rings is 1. The molecule has 0 spiro atoms. The fourth-order valence-electron chi connectivity index (χ4n) is 12.4. The number of rotatable bonds is 13. The Morgan fingerprint density at radius 3 is 2.32 bits per heavy atom. The SMILES string of the molecule is COc1ncc(-c2ccnc(N3CCc4c(sc5c4CCCC5)C3=O)c2CO)cc1Nc1ccc(N2CCN(C3CCN(c4ccc5c(c4)C(=O)N([C@H]4CCC(=O)N(C(C)OP(=O)(O)O)C4=O)C5=O)[C@H](C)C3)C[C@@H]2C)cn1. The zero-order valence-corrected chi connectivity index (χ0v) is 45.0. The Hall–Kier alpha value is -6.65. The van der Waals surface area contributed by atoms with E-state index < -0.39 is 43.7 Å². The summed E-state index contributed by atoms with van der Waals surface area (Å²) in [4.78, 5) is 113. The van der Waals surface area contributed by atoms with Gasteiger partial charge in [0.05, 0.1) is 41.6 Å². The number of aromatic nitrogens is 3. The summed E-state index contributed by atoms with van der Waals surface area (Å²) in [6, 6.07) is 12.1. The number of ether oxygens (including phenoxy) is 1. The number of amides is 5. The van der Waals surface area contributed by atoms with Gasteiger partial charge in [0.2, 0.25) is 11.8 Å². The van der Waals surface area contributed by atoms with Gasteiger partial charge >= 0.3 is 7.82 Å². The van der Waals surface area contributed by atoms with Crippen molar-refractivity contribution in [2.45, 2.75) is 116 Å². The first-order chi connectivity index (χ1) is 37.0.